The number of thiophene rings is 1. The van der Waals surface area contributed by atoms with Gasteiger partial charge in [-0.2, -0.15) is 0 Å². The van der Waals surface area contributed by atoms with Crippen LogP contribution in [0.3, 0.4) is 0 Å². The van der Waals surface area contributed by atoms with Gasteiger partial charge in [0.25, 0.3) is 5.91 Å². The number of carbonyl (C=O) groups excluding carboxylic acids is 1. The molecule has 106 valence electrons. The molecule has 0 saturated carbocycles. The second-order valence-corrected chi connectivity index (χ2v) is 6.98. The van der Waals surface area contributed by atoms with Crippen LogP contribution in [-0.4, -0.2) is 29.2 Å². The quantitative estimate of drug-likeness (QED) is 0.577. The molecule has 0 atom stereocenters. The molecule has 1 aromatic rings. The zero-order chi connectivity index (χ0) is 13.7. The van der Waals surface area contributed by atoms with Crippen molar-refractivity contribution in [3.63, 3.8) is 0 Å². The van der Waals surface area contributed by atoms with Crippen LogP contribution in [0.15, 0.2) is 6.07 Å². The van der Waals surface area contributed by atoms with Crippen molar-refractivity contribution in [2.24, 2.45) is 0 Å². The molecule has 1 heterocycles. The van der Waals surface area contributed by atoms with Crippen LogP contribution in [0.5, 0.6) is 0 Å². The Labute approximate surface area is 128 Å². The van der Waals surface area contributed by atoms with Crippen molar-refractivity contribution in [3.8, 4) is 0 Å². The number of nitrogens with zero attached hydrogens (tertiary/aromatic N) is 1. The van der Waals surface area contributed by atoms with E-state index in [1.807, 2.05) is 4.90 Å². The number of alkyl halides is 1. The minimum atomic E-state index is 0.224. The van der Waals surface area contributed by atoms with Gasteiger partial charge in [-0.1, -0.05) is 22.4 Å². The van der Waals surface area contributed by atoms with E-state index in [1.165, 1.54) is 36.1 Å². The molecule has 0 unspecified atom stereocenters. The van der Waals surface area contributed by atoms with E-state index in [4.69, 9.17) is 0 Å². The second-order valence-electron chi connectivity index (χ2n) is 5.05. The predicted octanol–water partition coefficient (Wildman–Crippen LogP) is 4.26. The molecule has 0 N–H and O–H groups in total. The summed E-state index contributed by atoms with van der Waals surface area (Å²) in [5.74, 6) is 0.224. The molecule has 4 heteroatoms. The first-order valence-corrected chi connectivity index (χ1v) is 9.17. The number of rotatable bonds is 5. The Hall–Kier alpha value is -0.350. The van der Waals surface area contributed by atoms with E-state index in [9.17, 15) is 4.79 Å². The maximum atomic E-state index is 12.5. The first kappa shape index (κ1) is 15.0. The SMILES string of the molecule is CCN(CCCBr)C(=O)c1cc2c(s1)CCCCC2. The summed E-state index contributed by atoms with van der Waals surface area (Å²) in [5.41, 5.74) is 1.43. The molecule has 2 rings (SSSR count). The van der Waals surface area contributed by atoms with Gasteiger partial charge in [-0.25, -0.2) is 0 Å². The van der Waals surface area contributed by atoms with Crippen LogP contribution in [0.25, 0.3) is 0 Å². The molecule has 1 amide bonds. The first-order valence-electron chi connectivity index (χ1n) is 7.23. The van der Waals surface area contributed by atoms with Crippen LogP contribution < -0.4 is 0 Å². The number of amides is 1. The van der Waals surface area contributed by atoms with Crippen LogP contribution in [0, 0.1) is 0 Å². The van der Waals surface area contributed by atoms with Gasteiger partial charge in [0.2, 0.25) is 0 Å². The Morgan fingerprint density at radius 2 is 2.16 bits per heavy atom. The summed E-state index contributed by atoms with van der Waals surface area (Å²) in [6.45, 7) is 3.71. The van der Waals surface area contributed by atoms with Gasteiger partial charge in [0.15, 0.2) is 0 Å². The summed E-state index contributed by atoms with van der Waals surface area (Å²) in [5, 5.41) is 0.956. The Morgan fingerprint density at radius 1 is 1.37 bits per heavy atom. The molecular weight excluding hydrogens is 322 g/mol. The van der Waals surface area contributed by atoms with Gasteiger partial charge in [0.1, 0.15) is 0 Å². The van der Waals surface area contributed by atoms with Crippen LogP contribution in [0.1, 0.15) is 52.7 Å². The molecule has 0 aromatic carbocycles. The van der Waals surface area contributed by atoms with Crippen molar-refractivity contribution in [1.82, 2.24) is 4.90 Å². The van der Waals surface area contributed by atoms with Crippen molar-refractivity contribution in [3.05, 3.63) is 21.4 Å². The molecule has 0 spiro atoms. The van der Waals surface area contributed by atoms with Crippen molar-refractivity contribution in [2.45, 2.75) is 45.4 Å². The van der Waals surface area contributed by atoms with Crippen LogP contribution in [0.2, 0.25) is 0 Å². The summed E-state index contributed by atoms with van der Waals surface area (Å²) in [6, 6.07) is 2.16. The highest BCUT2D eigenvalue weighted by molar-refractivity contribution is 9.09. The van der Waals surface area contributed by atoms with Crippen LogP contribution in [-0.2, 0) is 12.8 Å². The zero-order valence-electron chi connectivity index (χ0n) is 11.6. The molecule has 2 nitrogen and oxygen atoms in total. The number of halogens is 1. The van der Waals surface area contributed by atoms with Gasteiger partial charge in [-0.3, -0.25) is 4.79 Å². The molecule has 1 aromatic heterocycles. The molecular formula is C15H22BrNOS. The highest BCUT2D eigenvalue weighted by Gasteiger charge is 2.19. The maximum Gasteiger partial charge on any atom is 0.263 e. The Kier molecular flexibility index (Phi) is 5.89. The van der Waals surface area contributed by atoms with Gasteiger partial charge in [-0.05, 0) is 50.7 Å². The van der Waals surface area contributed by atoms with Crippen LogP contribution in [0.4, 0.5) is 0 Å². The van der Waals surface area contributed by atoms with Gasteiger partial charge in [0.05, 0.1) is 4.88 Å². The molecule has 0 saturated heterocycles. The molecule has 0 fully saturated rings. The maximum absolute atomic E-state index is 12.5. The van der Waals surface area contributed by atoms with Gasteiger partial charge >= 0.3 is 0 Å². The van der Waals surface area contributed by atoms with E-state index in [1.54, 1.807) is 11.3 Å². The summed E-state index contributed by atoms with van der Waals surface area (Å²) >= 11 is 5.16. The Balaban J connectivity index is 2.10. The number of carbonyl (C=O) groups is 1. The van der Waals surface area contributed by atoms with E-state index in [0.717, 1.165) is 36.1 Å². The first-order chi connectivity index (χ1) is 9.26. The molecule has 1 aliphatic carbocycles. The summed E-state index contributed by atoms with van der Waals surface area (Å²) in [7, 11) is 0. The highest BCUT2D eigenvalue weighted by atomic mass is 79.9. The Morgan fingerprint density at radius 3 is 2.89 bits per heavy atom. The third kappa shape index (κ3) is 3.82. The van der Waals surface area contributed by atoms with Crippen molar-refractivity contribution in [2.75, 3.05) is 18.4 Å². The third-order valence-corrected chi connectivity index (χ3v) is 5.47. The molecule has 0 radical (unpaired) electrons. The van der Waals surface area contributed by atoms with Gasteiger partial charge < -0.3 is 4.90 Å². The zero-order valence-corrected chi connectivity index (χ0v) is 14.0. The van der Waals surface area contributed by atoms with E-state index in [0.29, 0.717) is 0 Å². The van der Waals surface area contributed by atoms with Gasteiger partial charge in [-0.15, -0.1) is 11.3 Å². The summed E-state index contributed by atoms with van der Waals surface area (Å²) in [4.78, 5) is 16.9. The topological polar surface area (TPSA) is 20.3 Å². The molecule has 0 bridgehead atoms. The van der Waals surface area contributed by atoms with E-state index < -0.39 is 0 Å². The Bertz CT molecular complexity index is 406. The number of hydrogen-bond donors (Lipinski definition) is 0. The fourth-order valence-corrected chi connectivity index (χ4v) is 4.05. The molecule has 0 aliphatic heterocycles. The monoisotopic (exact) mass is 343 g/mol. The lowest BCUT2D eigenvalue weighted by atomic mass is 10.1. The fourth-order valence-electron chi connectivity index (χ4n) is 2.58. The van der Waals surface area contributed by atoms with Crippen molar-refractivity contribution < 1.29 is 4.79 Å². The van der Waals surface area contributed by atoms with E-state index >= 15 is 0 Å². The largest absolute Gasteiger partial charge is 0.338 e. The number of fused-ring (bicyclic) bond motifs is 1. The average molecular weight is 344 g/mol. The third-order valence-electron chi connectivity index (χ3n) is 3.69. The average Bonchev–Trinajstić information content (AvgIpc) is 2.71. The number of aryl methyl sites for hydroxylation is 2. The number of hydrogen-bond acceptors (Lipinski definition) is 2. The van der Waals surface area contributed by atoms with E-state index in [-0.39, 0.29) is 5.91 Å². The lowest BCUT2D eigenvalue weighted by Crippen LogP contribution is -2.31. The fraction of sp³-hybridized carbons (Fsp3) is 0.667. The van der Waals surface area contributed by atoms with Crippen molar-refractivity contribution in [1.29, 1.82) is 0 Å². The normalized spacial score (nSPS) is 14.8. The predicted molar refractivity (Wildman–Crippen MR) is 85.6 cm³/mol. The standard InChI is InChI=1S/C15H22BrNOS/c1-2-17(10-6-9-16)15(18)14-11-12-7-4-3-5-8-13(12)19-14/h11H,2-10H2,1H3. The highest BCUT2D eigenvalue weighted by Crippen LogP contribution is 2.29. The van der Waals surface area contributed by atoms with E-state index in [2.05, 4.69) is 28.9 Å². The summed E-state index contributed by atoms with van der Waals surface area (Å²) < 4.78 is 0. The molecule has 19 heavy (non-hydrogen) atoms. The lowest BCUT2D eigenvalue weighted by molar-refractivity contribution is 0.0770. The summed E-state index contributed by atoms with van der Waals surface area (Å²) in [6.07, 6.45) is 7.23. The minimum Gasteiger partial charge on any atom is -0.338 e. The lowest BCUT2D eigenvalue weighted by Gasteiger charge is -2.19. The minimum absolute atomic E-state index is 0.224. The van der Waals surface area contributed by atoms with Crippen LogP contribution >= 0.6 is 27.3 Å². The second kappa shape index (κ2) is 7.44. The molecule has 1 aliphatic rings. The smallest absolute Gasteiger partial charge is 0.263 e. The van der Waals surface area contributed by atoms with Crippen molar-refractivity contribution >= 4 is 33.2 Å². The van der Waals surface area contributed by atoms with Gasteiger partial charge in [0, 0.05) is 23.3 Å².